The molecule has 0 saturated heterocycles. The van der Waals surface area contributed by atoms with Crippen molar-refractivity contribution >= 4 is 21.6 Å². The molecule has 0 unspecified atom stereocenters. The van der Waals surface area contributed by atoms with Crippen molar-refractivity contribution < 1.29 is 17.2 Å². The summed E-state index contributed by atoms with van der Waals surface area (Å²) in [5.41, 5.74) is 4.58. The van der Waals surface area contributed by atoms with Crippen LogP contribution in [0.2, 0.25) is 0 Å². The molecule has 0 aliphatic heterocycles. The van der Waals surface area contributed by atoms with Gasteiger partial charge >= 0.3 is 5.84 Å². The Kier molecular flexibility index (Phi) is 6.27. The van der Waals surface area contributed by atoms with Crippen molar-refractivity contribution in [3.63, 3.8) is 0 Å². The lowest BCUT2D eigenvalue weighted by molar-refractivity contribution is 0.593. The number of halogens is 1. The van der Waals surface area contributed by atoms with E-state index in [9.17, 15) is 12.8 Å². The van der Waals surface area contributed by atoms with Crippen LogP contribution in [0.4, 0.5) is 10.3 Å². The molecule has 36 heavy (non-hydrogen) atoms. The van der Waals surface area contributed by atoms with Crippen LogP contribution in [0.15, 0.2) is 76.5 Å². The molecule has 0 spiro atoms. The molecule has 0 amide bonds. The lowest BCUT2D eigenvalue weighted by Crippen LogP contribution is -2.13. The fraction of sp³-hybridized carbons (Fsp3) is 0.192. The molecule has 5 aromatic rings. The van der Waals surface area contributed by atoms with Gasteiger partial charge in [0.1, 0.15) is 23.5 Å². The first-order chi connectivity index (χ1) is 17.3. The Labute approximate surface area is 207 Å². The van der Waals surface area contributed by atoms with Gasteiger partial charge in [0, 0.05) is 24.5 Å². The highest BCUT2D eigenvalue weighted by Gasteiger charge is 2.20. The quantitative estimate of drug-likeness (QED) is 0.293. The highest BCUT2D eigenvalue weighted by atomic mass is 32.2. The first-order valence-corrected chi connectivity index (χ1v) is 13.1. The molecule has 0 aliphatic rings. The first-order valence-electron chi connectivity index (χ1n) is 11.4. The zero-order chi connectivity index (χ0) is 25.3. The number of oxazole rings is 1. The van der Waals surface area contributed by atoms with Crippen molar-refractivity contribution in [3.8, 4) is 22.6 Å². The Morgan fingerprint density at radius 2 is 1.83 bits per heavy atom. The number of nitrogens with zero attached hydrogens (tertiary/aromatic N) is 4. The second-order valence-electron chi connectivity index (χ2n) is 8.48. The maximum Gasteiger partial charge on any atom is 0.306 e. The lowest BCUT2D eigenvalue weighted by atomic mass is 10.1. The van der Waals surface area contributed by atoms with Gasteiger partial charge in [0.25, 0.3) is 0 Å². The van der Waals surface area contributed by atoms with Gasteiger partial charge in [-0.05, 0) is 73.9 Å². The average molecular weight is 506 g/mol. The number of nitrogens with one attached hydrogen (secondary N) is 1. The summed E-state index contributed by atoms with van der Waals surface area (Å²) in [4.78, 5) is 13.8. The Hall–Kier alpha value is -4.05. The number of hydrogen-bond donors (Lipinski definition) is 1. The van der Waals surface area contributed by atoms with Crippen LogP contribution in [-0.2, 0) is 9.84 Å². The third-order valence-corrected chi connectivity index (χ3v) is 7.79. The van der Waals surface area contributed by atoms with Crippen LogP contribution in [0, 0.1) is 19.7 Å². The summed E-state index contributed by atoms with van der Waals surface area (Å²) in [6.07, 6.45) is 5.26. The second-order valence-corrected chi connectivity index (χ2v) is 10.6. The highest BCUT2D eigenvalue weighted by molar-refractivity contribution is 7.91. The van der Waals surface area contributed by atoms with Gasteiger partial charge in [0.2, 0.25) is 5.95 Å². The number of aryl methyl sites for hydroxylation is 2. The van der Waals surface area contributed by atoms with Gasteiger partial charge in [0.05, 0.1) is 16.3 Å². The minimum atomic E-state index is -3.38. The van der Waals surface area contributed by atoms with Crippen molar-refractivity contribution in [2.75, 3.05) is 17.6 Å². The largest absolute Gasteiger partial charge is 0.432 e. The van der Waals surface area contributed by atoms with Crippen LogP contribution in [-0.4, -0.2) is 40.1 Å². The summed E-state index contributed by atoms with van der Waals surface area (Å²) >= 11 is 0. The average Bonchev–Trinajstić information content (AvgIpc) is 3.46. The number of hydrogen-bond acceptors (Lipinski definition) is 7. The number of imidazole rings is 1. The molecule has 184 valence electrons. The molecule has 0 aliphatic carbocycles. The molecule has 3 heterocycles. The zero-order valence-electron chi connectivity index (χ0n) is 19.8. The third-order valence-electron chi connectivity index (χ3n) is 5.99. The molecular formula is C26H24FN5O3S. The van der Waals surface area contributed by atoms with Crippen LogP contribution >= 0.6 is 0 Å². The normalized spacial score (nSPS) is 11.8. The molecule has 0 saturated carbocycles. The summed E-state index contributed by atoms with van der Waals surface area (Å²) in [6, 6.07) is 13.0. The molecule has 0 atom stereocenters. The van der Waals surface area contributed by atoms with Crippen molar-refractivity contribution in [1.82, 2.24) is 19.4 Å². The summed E-state index contributed by atoms with van der Waals surface area (Å²) < 4.78 is 46.1. The van der Waals surface area contributed by atoms with E-state index in [0.717, 1.165) is 16.7 Å². The fourth-order valence-corrected chi connectivity index (χ4v) is 5.29. The third kappa shape index (κ3) is 4.72. The van der Waals surface area contributed by atoms with E-state index < -0.39 is 9.84 Å². The maximum atomic E-state index is 13.5. The highest BCUT2D eigenvalue weighted by Crippen LogP contribution is 2.32. The van der Waals surface area contributed by atoms with Crippen LogP contribution in [0.25, 0.3) is 28.5 Å². The molecular weight excluding hydrogens is 481 g/mol. The molecule has 1 N–H and O–H groups in total. The second kappa shape index (κ2) is 9.54. The number of anilines is 1. The Balaban J connectivity index is 1.33. The van der Waals surface area contributed by atoms with Gasteiger partial charge < -0.3 is 9.73 Å². The molecule has 5 rings (SSSR count). The van der Waals surface area contributed by atoms with E-state index in [1.807, 2.05) is 19.9 Å². The topological polar surface area (TPSA) is 102 Å². The van der Waals surface area contributed by atoms with Crippen molar-refractivity contribution in [1.29, 1.82) is 0 Å². The van der Waals surface area contributed by atoms with Crippen LogP contribution < -0.4 is 5.32 Å². The molecule has 3 aromatic heterocycles. The maximum absolute atomic E-state index is 13.5. The number of benzene rings is 2. The van der Waals surface area contributed by atoms with Crippen LogP contribution in [0.3, 0.4) is 0 Å². The zero-order valence-corrected chi connectivity index (χ0v) is 20.6. The van der Waals surface area contributed by atoms with Crippen molar-refractivity contribution in [3.05, 3.63) is 84.1 Å². The van der Waals surface area contributed by atoms with Crippen molar-refractivity contribution in [2.24, 2.45) is 0 Å². The van der Waals surface area contributed by atoms with Gasteiger partial charge in [-0.25, -0.2) is 22.8 Å². The minimum Gasteiger partial charge on any atom is -0.432 e. The fourth-order valence-electron chi connectivity index (χ4n) is 3.90. The predicted molar refractivity (Wildman–Crippen MR) is 135 cm³/mol. The lowest BCUT2D eigenvalue weighted by Gasteiger charge is -2.09. The predicted octanol–water partition coefficient (Wildman–Crippen LogP) is 5.08. The van der Waals surface area contributed by atoms with Gasteiger partial charge in [-0.3, -0.25) is 4.40 Å². The van der Waals surface area contributed by atoms with Crippen molar-refractivity contribution in [2.45, 2.75) is 25.2 Å². The van der Waals surface area contributed by atoms with E-state index in [4.69, 9.17) is 4.42 Å². The van der Waals surface area contributed by atoms with Gasteiger partial charge in [0.15, 0.2) is 9.84 Å². The molecule has 0 fully saturated rings. The first kappa shape index (κ1) is 23.7. The van der Waals surface area contributed by atoms with Gasteiger partial charge in [-0.15, -0.1) is 0 Å². The number of fused-ring (bicyclic) bond motifs is 1. The summed E-state index contributed by atoms with van der Waals surface area (Å²) in [5, 5.41) is 3.11. The summed E-state index contributed by atoms with van der Waals surface area (Å²) in [6.45, 7) is 4.24. The molecule has 8 nitrogen and oxygen atoms in total. The number of aromatic nitrogens is 4. The van der Waals surface area contributed by atoms with E-state index in [1.54, 1.807) is 47.1 Å². The molecule has 2 aromatic carbocycles. The van der Waals surface area contributed by atoms with Gasteiger partial charge in [-0.2, -0.15) is 4.98 Å². The van der Waals surface area contributed by atoms with E-state index in [1.165, 1.54) is 18.4 Å². The van der Waals surface area contributed by atoms with E-state index in [2.05, 4.69) is 20.3 Å². The van der Waals surface area contributed by atoms with Crippen LogP contribution in [0.1, 0.15) is 17.5 Å². The number of sulfone groups is 1. The Bertz CT molecular complexity index is 1640. The van der Waals surface area contributed by atoms with Crippen LogP contribution in [0.5, 0.6) is 0 Å². The molecule has 0 bridgehead atoms. The minimum absolute atomic E-state index is 0.00910. The van der Waals surface area contributed by atoms with Gasteiger partial charge in [-0.1, -0.05) is 6.07 Å². The standard InChI is InChI=1S/C26H24FN5O3S/c1-17-4-9-21(16-18(17)2)36(33,34)15-3-11-28-25-29-12-10-22(30-25)24-23(19-5-7-20(27)8-6-19)31-26-32(24)13-14-35-26/h4-10,12-14,16H,3,11,15H2,1-2H3,(H,28,29,30). The van der Waals surface area contributed by atoms with E-state index in [0.29, 0.717) is 46.7 Å². The Morgan fingerprint density at radius 3 is 2.61 bits per heavy atom. The smallest absolute Gasteiger partial charge is 0.306 e. The number of rotatable bonds is 8. The molecule has 0 radical (unpaired) electrons. The van der Waals surface area contributed by atoms with E-state index >= 15 is 0 Å². The Morgan fingerprint density at radius 1 is 1.03 bits per heavy atom. The molecule has 10 heteroatoms. The SMILES string of the molecule is Cc1ccc(S(=O)(=O)CCCNc2nccc(-c3c(-c4ccc(F)cc4)nc4occn34)n2)cc1C. The summed E-state index contributed by atoms with van der Waals surface area (Å²) in [7, 11) is -3.38. The monoisotopic (exact) mass is 505 g/mol. The summed E-state index contributed by atoms with van der Waals surface area (Å²) in [5.74, 6) is 0.416. The van der Waals surface area contributed by atoms with E-state index in [-0.39, 0.29) is 11.6 Å².